The van der Waals surface area contributed by atoms with Gasteiger partial charge in [0.15, 0.2) is 0 Å². The number of rotatable bonds is 0. The van der Waals surface area contributed by atoms with E-state index in [2.05, 4.69) is 10.9 Å². The maximum absolute atomic E-state index is 10.0. The standard InChI is InChI=1S/C7H5NO2S/c1-5-6(11-4-8-5)2-3-7(9)10/h4H,1H3,(H,9,10). The molecular formula is C7H5NO2S. The van der Waals surface area contributed by atoms with E-state index in [0.29, 0.717) is 4.88 Å². The summed E-state index contributed by atoms with van der Waals surface area (Å²) in [5, 5.41) is 8.21. The van der Waals surface area contributed by atoms with Crippen LogP contribution in [0.2, 0.25) is 0 Å². The Labute approximate surface area is 67.7 Å². The molecule has 56 valence electrons. The van der Waals surface area contributed by atoms with E-state index in [0.717, 1.165) is 5.69 Å². The lowest BCUT2D eigenvalue weighted by molar-refractivity contribution is -0.130. The molecule has 4 heteroatoms. The Morgan fingerprint density at radius 2 is 2.55 bits per heavy atom. The molecule has 0 aliphatic rings. The molecule has 0 saturated heterocycles. The summed E-state index contributed by atoms with van der Waals surface area (Å²) in [6.07, 6.45) is 0. The Kier molecular flexibility index (Phi) is 2.24. The maximum atomic E-state index is 10.0. The summed E-state index contributed by atoms with van der Waals surface area (Å²) in [5.41, 5.74) is 2.42. The van der Waals surface area contributed by atoms with Gasteiger partial charge in [0, 0.05) is 5.92 Å². The van der Waals surface area contributed by atoms with Crippen LogP contribution >= 0.6 is 11.3 Å². The van der Waals surface area contributed by atoms with E-state index in [1.54, 1.807) is 12.4 Å². The molecule has 1 aromatic heterocycles. The summed E-state index contributed by atoms with van der Waals surface area (Å²) in [6.45, 7) is 1.79. The fourth-order valence-corrected chi connectivity index (χ4v) is 1.18. The van der Waals surface area contributed by atoms with Gasteiger partial charge in [-0.1, -0.05) is 0 Å². The second-order valence-electron chi connectivity index (χ2n) is 1.82. The second kappa shape index (κ2) is 3.17. The zero-order valence-corrected chi connectivity index (χ0v) is 6.60. The molecule has 0 aliphatic heterocycles. The summed E-state index contributed by atoms with van der Waals surface area (Å²) in [4.78, 5) is 14.6. The summed E-state index contributed by atoms with van der Waals surface area (Å²) >= 11 is 1.34. The van der Waals surface area contributed by atoms with Crippen molar-refractivity contribution >= 4 is 17.3 Å². The third kappa shape index (κ3) is 2.06. The van der Waals surface area contributed by atoms with Crippen molar-refractivity contribution in [3.8, 4) is 11.8 Å². The third-order valence-corrected chi connectivity index (χ3v) is 1.87. The highest BCUT2D eigenvalue weighted by Crippen LogP contribution is 2.09. The van der Waals surface area contributed by atoms with Crippen molar-refractivity contribution in [2.75, 3.05) is 0 Å². The maximum Gasteiger partial charge on any atom is 0.382 e. The van der Waals surface area contributed by atoms with Crippen molar-refractivity contribution in [3.63, 3.8) is 0 Å². The van der Waals surface area contributed by atoms with Gasteiger partial charge >= 0.3 is 5.97 Å². The average molecular weight is 167 g/mol. The van der Waals surface area contributed by atoms with Crippen molar-refractivity contribution in [2.45, 2.75) is 6.92 Å². The molecule has 0 aromatic carbocycles. The van der Waals surface area contributed by atoms with Gasteiger partial charge in [-0.2, -0.15) is 0 Å². The highest BCUT2D eigenvalue weighted by Gasteiger charge is 1.95. The molecule has 0 bridgehead atoms. The number of carboxylic acid groups (broad SMARTS) is 1. The number of carbonyl (C=O) groups is 1. The predicted molar refractivity (Wildman–Crippen MR) is 41.4 cm³/mol. The lowest BCUT2D eigenvalue weighted by atomic mass is 10.4. The summed E-state index contributed by atoms with van der Waals surface area (Å²) < 4.78 is 0. The smallest absolute Gasteiger partial charge is 0.382 e. The lowest BCUT2D eigenvalue weighted by Gasteiger charge is -1.79. The topological polar surface area (TPSA) is 50.2 Å². The Balaban J connectivity index is 2.90. The molecule has 0 aliphatic carbocycles. The van der Waals surface area contributed by atoms with Crippen LogP contribution in [-0.2, 0) is 4.79 Å². The minimum atomic E-state index is -1.11. The van der Waals surface area contributed by atoms with E-state index in [-0.39, 0.29) is 0 Å². The van der Waals surface area contributed by atoms with Crippen LogP contribution < -0.4 is 0 Å². The van der Waals surface area contributed by atoms with E-state index in [9.17, 15) is 4.79 Å². The van der Waals surface area contributed by atoms with Crippen LogP contribution in [0.25, 0.3) is 0 Å². The molecule has 0 spiro atoms. The molecule has 3 nitrogen and oxygen atoms in total. The SMILES string of the molecule is Cc1ncsc1C#CC(=O)O. The fourth-order valence-electron chi connectivity index (χ4n) is 0.532. The zero-order valence-electron chi connectivity index (χ0n) is 5.79. The van der Waals surface area contributed by atoms with Crippen LogP contribution in [0.15, 0.2) is 5.51 Å². The van der Waals surface area contributed by atoms with Gasteiger partial charge in [0.25, 0.3) is 0 Å². The zero-order chi connectivity index (χ0) is 8.27. The van der Waals surface area contributed by atoms with Crippen LogP contribution in [0.1, 0.15) is 10.6 Å². The van der Waals surface area contributed by atoms with E-state index >= 15 is 0 Å². The molecule has 1 heterocycles. The number of aromatic nitrogens is 1. The van der Waals surface area contributed by atoms with Gasteiger partial charge in [-0.25, -0.2) is 9.78 Å². The van der Waals surface area contributed by atoms with Crippen LogP contribution in [0.4, 0.5) is 0 Å². The van der Waals surface area contributed by atoms with Crippen molar-refractivity contribution in [2.24, 2.45) is 0 Å². The first-order valence-electron chi connectivity index (χ1n) is 2.85. The Hall–Kier alpha value is -1.34. The third-order valence-electron chi connectivity index (χ3n) is 1.03. The number of thiazole rings is 1. The van der Waals surface area contributed by atoms with Crippen LogP contribution in [-0.4, -0.2) is 16.1 Å². The molecule has 0 saturated carbocycles. The Bertz CT molecular complexity index is 332. The normalized spacial score (nSPS) is 8.45. The number of hydrogen-bond donors (Lipinski definition) is 1. The van der Waals surface area contributed by atoms with Crippen molar-refractivity contribution in [1.29, 1.82) is 0 Å². The molecule has 0 atom stereocenters. The Morgan fingerprint density at radius 1 is 1.82 bits per heavy atom. The predicted octanol–water partition coefficient (Wildman–Crippen LogP) is 0.888. The summed E-state index contributed by atoms with van der Waals surface area (Å²) in [7, 11) is 0. The first-order chi connectivity index (χ1) is 5.20. The molecule has 1 N–H and O–H groups in total. The first kappa shape index (κ1) is 7.76. The number of aryl methyl sites for hydroxylation is 1. The molecular weight excluding hydrogens is 162 g/mol. The average Bonchev–Trinajstić information content (AvgIpc) is 2.31. The summed E-state index contributed by atoms with van der Waals surface area (Å²) in [5.74, 6) is 3.41. The fraction of sp³-hybridized carbons (Fsp3) is 0.143. The molecule has 11 heavy (non-hydrogen) atoms. The van der Waals surface area contributed by atoms with Gasteiger partial charge in [0.05, 0.1) is 11.2 Å². The van der Waals surface area contributed by atoms with Crippen LogP contribution in [0, 0.1) is 18.8 Å². The van der Waals surface area contributed by atoms with Crippen LogP contribution in [0.5, 0.6) is 0 Å². The molecule has 0 radical (unpaired) electrons. The Morgan fingerprint density at radius 3 is 3.00 bits per heavy atom. The molecule has 1 aromatic rings. The van der Waals surface area contributed by atoms with E-state index in [1.165, 1.54) is 11.3 Å². The molecule has 0 fully saturated rings. The van der Waals surface area contributed by atoms with E-state index < -0.39 is 5.97 Å². The highest BCUT2D eigenvalue weighted by molar-refractivity contribution is 7.10. The van der Waals surface area contributed by atoms with Gasteiger partial charge in [-0.15, -0.1) is 11.3 Å². The minimum Gasteiger partial charge on any atom is -0.472 e. The number of aliphatic carboxylic acids is 1. The van der Waals surface area contributed by atoms with Crippen molar-refractivity contribution in [3.05, 3.63) is 16.1 Å². The number of hydrogen-bond acceptors (Lipinski definition) is 3. The summed E-state index contributed by atoms with van der Waals surface area (Å²) in [6, 6.07) is 0. The minimum absolute atomic E-state index is 0.715. The van der Waals surface area contributed by atoms with Gasteiger partial charge in [0.1, 0.15) is 4.88 Å². The van der Waals surface area contributed by atoms with E-state index in [4.69, 9.17) is 5.11 Å². The molecule has 1 rings (SSSR count). The molecule has 0 unspecified atom stereocenters. The lowest BCUT2D eigenvalue weighted by Crippen LogP contribution is -1.86. The van der Waals surface area contributed by atoms with E-state index in [1.807, 2.05) is 5.92 Å². The number of nitrogens with zero attached hydrogens (tertiary/aromatic N) is 1. The highest BCUT2D eigenvalue weighted by atomic mass is 32.1. The van der Waals surface area contributed by atoms with Gasteiger partial charge < -0.3 is 5.11 Å². The van der Waals surface area contributed by atoms with Crippen molar-refractivity contribution in [1.82, 2.24) is 4.98 Å². The van der Waals surface area contributed by atoms with Gasteiger partial charge in [-0.05, 0) is 12.8 Å². The largest absolute Gasteiger partial charge is 0.472 e. The van der Waals surface area contributed by atoms with Gasteiger partial charge in [-0.3, -0.25) is 0 Å². The van der Waals surface area contributed by atoms with Crippen LogP contribution in [0.3, 0.4) is 0 Å². The van der Waals surface area contributed by atoms with Gasteiger partial charge in [0.2, 0.25) is 0 Å². The monoisotopic (exact) mass is 167 g/mol. The first-order valence-corrected chi connectivity index (χ1v) is 3.73. The van der Waals surface area contributed by atoms with Crippen molar-refractivity contribution < 1.29 is 9.90 Å². The quantitative estimate of drug-likeness (QED) is 0.584. The number of carboxylic acids is 1. The molecule has 0 amide bonds. The second-order valence-corrected chi connectivity index (χ2v) is 2.68.